The standard InChI is InChI=1S/C15H16N2O6S/c1-23-15(18)6-3-9-16-24(21,22)12-8-7-11-4-2-5-14(17(19)20)13(11)10-12/h2,4-5,7-8,10,16H,3,6,9H2,1H3. The second kappa shape index (κ2) is 7.37. The third kappa shape index (κ3) is 4.06. The van der Waals surface area contributed by atoms with Crippen molar-refractivity contribution in [1.29, 1.82) is 0 Å². The molecule has 0 aliphatic rings. The smallest absolute Gasteiger partial charge is 0.305 e. The third-order valence-corrected chi connectivity index (χ3v) is 4.87. The SMILES string of the molecule is COC(=O)CCCNS(=O)(=O)c1ccc2cccc([N+](=O)[O-])c2c1. The molecular formula is C15H16N2O6S. The van der Waals surface area contributed by atoms with Crippen LogP contribution in [0.5, 0.6) is 0 Å². The van der Waals surface area contributed by atoms with Crippen LogP contribution in [0.4, 0.5) is 5.69 Å². The lowest BCUT2D eigenvalue weighted by Gasteiger charge is -2.08. The Kier molecular flexibility index (Phi) is 5.47. The van der Waals surface area contributed by atoms with Crippen LogP contribution in [0, 0.1) is 10.1 Å². The number of esters is 1. The van der Waals surface area contributed by atoms with Gasteiger partial charge in [-0.15, -0.1) is 0 Å². The summed E-state index contributed by atoms with van der Waals surface area (Å²) < 4.78 is 31.4. The van der Waals surface area contributed by atoms with Crippen molar-refractivity contribution >= 4 is 32.5 Å². The summed E-state index contributed by atoms with van der Waals surface area (Å²) in [7, 11) is -2.57. The fourth-order valence-electron chi connectivity index (χ4n) is 2.19. The number of hydrogen-bond donors (Lipinski definition) is 1. The molecule has 0 saturated carbocycles. The topological polar surface area (TPSA) is 116 Å². The number of carbonyl (C=O) groups excluding carboxylic acids is 1. The molecule has 0 radical (unpaired) electrons. The lowest BCUT2D eigenvalue weighted by atomic mass is 10.1. The highest BCUT2D eigenvalue weighted by Crippen LogP contribution is 2.27. The van der Waals surface area contributed by atoms with Gasteiger partial charge >= 0.3 is 5.97 Å². The van der Waals surface area contributed by atoms with Gasteiger partial charge < -0.3 is 4.74 Å². The molecule has 0 spiro atoms. The van der Waals surface area contributed by atoms with Gasteiger partial charge in [0.2, 0.25) is 10.0 Å². The number of benzene rings is 2. The van der Waals surface area contributed by atoms with E-state index in [1.165, 1.54) is 31.4 Å². The Bertz CT molecular complexity index is 879. The zero-order chi connectivity index (χ0) is 17.7. The fraction of sp³-hybridized carbons (Fsp3) is 0.267. The molecule has 0 aliphatic heterocycles. The maximum atomic E-state index is 12.3. The van der Waals surface area contributed by atoms with E-state index in [0.717, 1.165) is 0 Å². The molecule has 9 heteroatoms. The minimum atomic E-state index is -3.82. The Morgan fingerprint density at radius 1 is 1.29 bits per heavy atom. The Morgan fingerprint density at radius 3 is 2.71 bits per heavy atom. The highest BCUT2D eigenvalue weighted by molar-refractivity contribution is 7.89. The average molecular weight is 352 g/mol. The third-order valence-electron chi connectivity index (χ3n) is 3.42. The summed E-state index contributed by atoms with van der Waals surface area (Å²) in [6.45, 7) is 0.0619. The van der Waals surface area contributed by atoms with Crippen molar-refractivity contribution < 1.29 is 22.9 Å². The first-order valence-corrected chi connectivity index (χ1v) is 8.57. The van der Waals surface area contributed by atoms with Gasteiger partial charge in [-0.1, -0.05) is 18.2 Å². The van der Waals surface area contributed by atoms with Crippen LogP contribution in [0.15, 0.2) is 41.3 Å². The number of sulfonamides is 1. The van der Waals surface area contributed by atoms with Crippen molar-refractivity contribution in [3.63, 3.8) is 0 Å². The molecule has 2 rings (SSSR count). The maximum absolute atomic E-state index is 12.3. The molecule has 128 valence electrons. The number of methoxy groups -OCH3 is 1. The summed E-state index contributed by atoms with van der Waals surface area (Å²) in [6.07, 6.45) is 0.391. The average Bonchev–Trinajstić information content (AvgIpc) is 2.57. The van der Waals surface area contributed by atoms with Crippen LogP contribution >= 0.6 is 0 Å². The van der Waals surface area contributed by atoms with E-state index < -0.39 is 20.9 Å². The molecule has 0 atom stereocenters. The minimum Gasteiger partial charge on any atom is -0.469 e. The zero-order valence-electron chi connectivity index (χ0n) is 12.9. The van der Waals surface area contributed by atoms with Crippen molar-refractivity contribution in [2.75, 3.05) is 13.7 Å². The molecule has 0 aliphatic carbocycles. The summed E-state index contributed by atoms with van der Waals surface area (Å²) in [5.41, 5.74) is -0.157. The van der Waals surface area contributed by atoms with E-state index in [0.29, 0.717) is 11.8 Å². The van der Waals surface area contributed by atoms with Gasteiger partial charge in [0.25, 0.3) is 5.69 Å². The normalized spacial score (nSPS) is 11.4. The number of carbonyl (C=O) groups is 1. The number of fused-ring (bicyclic) bond motifs is 1. The minimum absolute atomic E-state index is 0.0619. The molecule has 0 amide bonds. The van der Waals surface area contributed by atoms with Crippen LogP contribution in [0.2, 0.25) is 0 Å². The Labute approximate surface area is 138 Å². The van der Waals surface area contributed by atoms with Crippen molar-refractivity contribution in [2.45, 2.75) is 17.7 Å². The van der Waals surface area contributed by atoms with E-state index in [4.69, 9.17) is 0 Å². The number of nitro groups is 1. The van der Waals surface area contributed by atoms with Crippen LogP contribution in [0.1, 0.15) is 12.8 Å². The summed E-state index contributed by atoms with van der Waals surface area (Å²) >= 11 is 0. The van der Waals surface area contributed by atoms with Gasteiger partial charge in [-0.25, -0.2) is 13.1 Å². The van der Waals surface area contributed by atoms with Crippen LogP contribution in [0.3, 0.4) is 0 Å². The first-order valence-electron chi connectivity index (χ1n) is 7.09. The zero-order valence-corrected chi connectivity index (χ0v) is 13.7. The number of nitro benzene ring substituents is 1. The van der Waals surface area contributed by atoms with E-state index in [1.807, 2.05) is 0 Å². The van der Waals surface area contributed by atoms with Gasteiger partial charge in [-0.2, -0.15) is 0 Å². The summed E-state index contributed by atoms with van der Waals surface area (Å²) in [4.78, 5) is 21.4. The van der Waals surface area contributed by atoms with Gasteiger partial charge in [0.1, 0.15) is 0 Å². The van der Waals surface area contributed by atoms with Gasteiger partial charge in [0.15, 0.2) is 0 Å². The first-order chi connectivity index (χ1) is 11.3. The van der Waals surface area contributed by atoms with E-state index in [2.05, 4.69) is 9.46 Å². The van der Waals surface area contributed by atoms with Crippen LogP contribution in [-0.2, 0) is 19.6 Å². The second-order valence-corrected chi connectivity index (χ2v) is 6.76. The molecule has 0 heterocycles. The number of nitrogens with zero attached hydrogens (tertiary/aromatic N) is 1. The van der Waals surface area contributed by atoms with E-state index >= 15 is 0 Å². The van der Waals surface area contributed by atoms with Crippen LogP contribution < -0.4 is 4.72 Å². The van der Waals surface area contributed by atoms with Crippen molar-refractivity contribution in [3.05, 3.63) is 46.5 Å². The van der Waals surface area contributed by atoms with Gasteiger partial charge in [0.05, 0.1) is 22.3 Å². The molecule has 0 unspecified atom stereocenters. The molecule has 0 saturated heterocycles. The highest BCUT2D eigenvalue weighted by atomic mass is 32.2. The van der Waals surface area contributed by atoms with Gasteiger partial charge in [0, 0.05) is 19.0 Å². The maximum Gasteiger partial charge on any atom is 0.305 e. The Balaban J connectivity index is 2.22. The fourth-order valence-corrected chi connectivity index (χ4v) is 3.29. The van der Waals surface area contributed by atoms with Crippen molar-refractivity contribution in [2.24, 2.45) is 0 Å². The number of nitrogens with one attached hydrogen (secondary N) is 1. The molecule has 8 nitrogen and oxygen atoms in total. The molecular weight excluding hydrogens is 336 g/mol. The Morgan fingerprint density at radius 2 is 2.04 bits per heavy atom. The van der Waals surface area contributed by atoms with Crippen LogP contribution in [-0.4, -0.2) is 33.0 Å². The highest BCUT2D eigenvalue weighted by Gasteiger charge is 2.18. The van der Waals surface area contributed by atoms with Gasteiger partial charge in [-0.05, 0) is 23.9 Å². The second-order valence-electron chi connectivity index (χ2n) is 4.99. The lowest BCUT2D eigenvalue weighted by molar-refractivity contribution is -0.383. The van der Waals surface area contributed by atoms with E-state index in [1.54, 1.807) is 12.1 Å². The monoisotopic (exact) mass is 352 g/mol. The molecule has 0 aromatic heterocycles. The largest absolute Gasteiger partial charge is 0.469 e. The number of hydrogen-bond acceptors (Lipinski definition) is 6. The van der Waals surface area contributed by atoms with E-state index in [-0.39, 0.29) is 28.9 Å². The summed E-state index contributed by atoms with van der Waals surface area (Å²) in [6, 6.07) is 8.71. The molecule has 1 N–H and O–H groups in total. The van der Waals surface area contributed by atoms with Crippen molar-refractivity contribution in [1.82, 2.24) is 4.72 Å². The predicted molar refractivity (Wildman–Crippen MR) is 87.0 cm³/mol. The van der Waals surface area contributed by atoms with Crippen LogP contribution in [0.25, 0.3) is 10.8 Å². The number of non-ortho nitro benzene ring substituents is 1. The van der Waals surface area contributed by atoms with E-state index in [9.17, 15) is 23.3 Å². The quantitative estimate of drug-likeness (QED) is 0.352. The van der Waals surface area contributed by atoms with Gasteiger partial charge in [-0.3, -0.25) is 14.9 Å². The number of ether oxygens (including phenoxy) is 1. The molecule has 2 aromatic carbocycles. The van der Waals surface area contributed by atoms with Crippen molar-refractivity contribution in [3.8, 4) is 0 Å². The molecule has 24 heavy (non-hydrogen) atoms. The Hall–Kier alpha value is -2.52. The predicted octanol–water partition coefficient (Wildman–Crippen LogP) is 1.98. The summed E-state index contributed by atoms with van der Waals surface area (Å²) in [5.74, 6) is -0.421. The number of rotatable bonds is 7. The molecule has 0 bridgehead atoms. The lowest BCUT2D eigenvalue weighted by Crippen LogP contribution is -2.25. The molecule has 0 fully saturated rings. The molecule has 2 aromatic rings. The summed E-state index contributed by atoms with van der Waals surface area (Å²) in [5, 5.41) is 11.9. The first kappa shape index (κ1) is 17.8.